The van der Waals surface area contributed by atoms with Crippen molar-refractivity contribution < 1.29 is 9.72 Å². The van der Waals surface area contributed by atoms with Gasteiger partial charge in [-0.15, -0.1) is 12.4 Å². The minimum Gasteiger partial charge on any atom is -0.365 e. The first-order valence-electron chi connectivity index (χ1n) is 9.84. The molecule has 1 aromatic carbocycles. The quantitative estimate of drug-likeness (QED) is 0.607. The highest BCUT2D eigenvalue weighted by Gasteiger charge is 2.33. The zero-order valence-corrected chi connectivity index (χ0v) is 17.7. The molecule has 156 valence electrons. The second-order valence-electron chi connectivity index (χ2n) is 8.46. The summed E-state index contributed by atoms with van der Waals surface area (Å²) in [4.78, 5) is 28.2. The Kier molecular flexibility index (Phi) is 7.28. The van der Waals surface area contributed by atoms with E-state index < -0.39 is 0 Å². The van der Waals surface area contributed by atoms with E-state index in [2.05, 4.69) is 18.7 Å². The van der Waals surface area contributed by atoms with Crippen LogP contribution in [0.25, 0.3) is 0 Å². The lowest BCUT2D eigenvalue weighted by Crippen LogP contribution is -2.39. The number of nitrogens with two attached hydrogens (primary N) is 1. The van der Waals surface area contributed by atoms with Crippen molar-refractivity contribution in [3.63, 3.8) is 0 Å². The van der Waals surface area contributed by atoms with E-state index in [4.69, 9.17) is 5.73 Å². The third-order valence-electron chi connectivity index (χ3n) is 5.88. The summed E-state index contributed by atoms with van der Waals surface area (Å²) in [5.41, 5.74) is 6.77. The largest absolute Gasteiger partial charge is 0.365 e. The fourth-order valence-electron chi connectivity index (χ4n) is 4.69. The van der Waals surface area contributed by atoms with Gasteiger partial charge in [-0.25, -0.2) is 0 Å². The van der Waals surface area contributed by atoms with Gasteiger partial charge in [-0.1, -0.05) is 13.8 Å². The van der Waals surface area contributed by atoms with Crippen LogP contribution in [0.3, 0.4) is 0 Å². The van der Waals surface area contributed by atoms with Crippen LogP contribution in [0.15, 0.2) is 18.2 Å². The fourth-order valence-corrected chi connectivity index (χ4v) is 4.69. The number of carbonyl (C=O) groups excluding carboxylic acids is 1. The van der Waals surface area contributed by atoms with Gasteiger partial charge < -0.3 is 15.5 Å². The lowest BCUT2D eigenvalue weighted by atomic mass is 9.91. The van der Waals surface area contributed by atoms with E-state index in [1.165, 1.54) is 6.07 Å². The number of piperidine rings is 1. The van der Waals surface area contributed by atoms with Crippen LogP contribution in [-0.2, 0) is 0 Å². The van der Waals surface area contributed by atoms with Crippen molar-refractivity contribution in [2.75, 3.05) is 31.1 Å². The van der Waals surface area contributed by atoms with Crippen LogP contribution in [0.2, 0.25) is 0 Å². The van der Waals surface area contributed by atoms with E-state index in [-0.39, 0.29) is 35.0 Å². The molecule has 0 saturated carbocycles. The van der Waals surface area contributed by atoms with Crippen LogP contribution >= 0.6 is 12.4 Å². The Morgan fingerprint density at radius 3 is 2.36 bits per heavy atom. The highest BCUT2D eigenvalue weighted by atomic mass is 35.5. The third kappa shape index (κ3) is 4.58. The molecule has 2 fully saturated rings. The average molecular weight is 411 g/mol. The molecule has 7 nitrogen and oxygen atoms in total. The first-order valence-corrected chi connectivity index (χ1v) is 9.84. The fraction of sp³-hybridized carbons (Fsp3) is 0.650. The molecule has 0 aliphatic carbocycles. The lowest BCUT2D eigenvalue weighted by Gasteiger charge is -2.36. The molecule has 0 aromatic heterocycles. The van der Waals surface area contributed by atoms with E-state index in [1.54, 1.807) is 17.0 Å². The molecular weight excluding hydrogens is 380 g/mol. The summed E-state index contributed by atoms with van der Waals surface area (Å²) in [6, 6.07) is 5.03. The van der Waals surface area contributed by atoms with Gasteiger partial charge in [0.05, 0.1) is 4.92 Å². The predicted molar refractivity (Wildman–Crippen MR) is 113 cm³/mol. The normalized spacial score (nSPS) is 27.4. The lowest BCUT2D eigenvalue weighted by molar-refractivity contribution is -0.384. The Morgan fingerprint density at radius 2 is 1.82 bits per heavy atom. The van der Waals surface area contributed by atoms with E-state index in [0.717, 1.165) is 25.9 Å². The number of benzene rings is 1. The topological polar surface area (TPSA) is 92.7 Å². The molecule has 0 radical (unpaired) electrons. The van der Waals surface area contributed by atoms with Gasteiger partial charge in [0.1, 0.15) is 5.69 Å². The Hall–Kier alpha value is -1.86. The van der Waals surface area contributed by atoms with Gasteiger partial charge in [-0.2, -0.15) is 0 Å². The molecule has 4 atom stereocenters. The van der Waals surface area contributed by atoms with Crippen LogP contribution in [-0.4, -0.2) is 48.0 Å². The number of anilines is 1. The number of halogens is 1. The smallest absolute Gasteiger partial charge is 0.293 e. The molecule has 1 aromatic rings. The molecule has 2 aliphatic heterocycles. The van der Waals surface area contributed by atoms with E-state index >= 15 is 0 Å². The standard InChI is InChI=1S/C20H30N4O3.ClH/c1-13-6-14(2)11-22(10-13)18-5-4-17(8-19(18)24(26)27)20(25)23-12-16(9-21)7-15(23)3;/h4-5,8,13-16H,6-7,9-12,21H2,1-3H3;1H. The zero-order valence-electron chi connectivity index (χ0n) is 16.8. The van der Waals surface area contributed by atoms with Crippen molar-refractivity contribution in [1.82, 2.24) is 4.90 Å². The van der Waals surface area contributed by atoms with Crippen LogP contribution in [0.5, 0.6) is 0 Å². The van der Waals surface area contributed by atoms with E-state index in [9.17, 15) is 14.9 Å². The summed E-state index contributed by atoms with van der Waals surface area (Å²) in [7, 11) is 0. The van der Waals surface area contributed by atoms with Crippen molar-refractivity contribution in [1.29, 1.82) is 0 Å². The van der Waals surface area contributed by atoms with Crippen molar-refractivity contribution in [2.45, 2.75) is 39.7 Å². The minimum absolute atomic E-state index is 0. The van der Waals surface area contributed by atoms with Crippen LogP contribution in [0, 0.1) is 27.9 Å². The van der Waals surface area contributed by atoms with Crippen molar-refractivity contribution >= 4 is 29.7 Å². The summed E-state index contributed by atoms with van der Waals surface area (Å²) in [6.07, 6.45) is 2.02. The molecule has 0 bridgehead atoms. The number of nitrogens with zero attached hydrogens (tertiary/aromatic N) is 3. The van der Waals surface area contributed by atoms with Gasteiger partial charge in [0.15, 0.2) is 0 Å². The van der Waals surface area contributed by atoms with Gasteiger partial charge in [-0.3, -0.25) is 14.9 Å². The number of nitro groups is 1. The highest BCUT2D eigenvalue weighted by Crippen LogP contribution is 2.34. The van der Waals surface area contributed by atoms with Gasteiger partial charge in [-0.05, 0) is 56.2 Å². The first-order chi connectivity index (χ1) is 12.8. The second-order valence-corrected chi connectivity index (χ2v) is 8.46. The monoisotopic (exact) mass is 410 g/mol. The molecular formula is C20H31ClN4O3. The van der Waals surface area contributed by atoms with Gasteiger partial charge in [0.2, 0.25) is 0 Å². The summed E-state index contributed by atoms with van der Waals surface area (Å²) >= 11 is 0. The molecule has 2 heterocycles. The zero-order chi connectivity index (χ0) is 19.7. The van der Waals surface area contributed by atoms with Crippen LogP contribution < -0.4 is 10.6 Å². The molecule has 2 saturated heterocycles. The van der Waals surface area contributed by atoms with Gasteiger partial charge in [0.25, 0.3) is 11.6 Å². The summed E-state index contributed by atoms with van der Waals surface area (Å²) < 4.78 is 0. The molecule has 4 unspecified atom stereocenters. The predicted octanol–water partition coefficient (Wildman–Crippen LogP) is 3.31. The number of rotatable bonds is 4. The van der Waals surface area contributed by atoms with Crippen molar-refractivity contribution in [3.8, 4) is 0 Å². The second kappa shape index (κ2) is 9.09. The van der Waals surface area contributed by atoms with Gasteiger partial charge >= 0.3 is 0 Å². The Morgan fingerprint density at radius 1 is 1.18 bits per heavy atom. The van der Waals surface area contributed by atoms with Crippen molar-refractivity contribution in [2.24, 2.45) is 23.5 Å². The maximum Gasteiger partial charge on any atom is 0.293 e. The summed E-state index contributed by atoms with van der Waals surface area (Å²) in [6.45, 7) is 9.14. The number of carbonyl (C=O) groups is 1. The third-order valence-corrected chi connectivity index (χ3v) is 5.88. The first kappa shape index (κ1) is 22.4. The molecule has 8 heteroatoms. The van der Waals surface area contributed by atoms with Crippen LogP contribution in [0.4, 0.5) is 11.4 Å². The maximum atomic E-state index is 12.9. The molecule has 2 aliphatic rings. The maximum absolute atomic E-state index is 12.9. The van der Waals surface area contributed by atoms with Crippen molar-refractivity contribution in [3.05, 3.63) is 33.9 Å². The average Bonchev–Trinajstić information content (AvgIpc) is 3.00. The van der Waals surface area contributed by atoms with Crippen LogP contribution in [0.1, 0.15) is 44.0 Å². The number of likely N-dealkylation sites (tertiary alicyclic amines) is 1. The number of amides is 1. The molecule has 3 rings (SSSR count). The number of hydrogen-bond donors (Lipinski definition) is 1. The molecule has 28 heavy (non-hydrogen) atoms. The number of hydrogen-bond acceptors (Lipinski definition) is 5. The SMILES string of the molecule is CC1CC(C)CN(c2ccc(C(=O)N3CC(CN)CC3C)cc2[N+](=O)[O-])C1.Cl. The minimum atomic E-state index is -0.369. The van der Waals surface area contributed by atoms with E-state index in [1.807, 2.05) is 6.92 Å². The molecule has 2 N–H and O–H groups in total. The Labute approximate surface area is 172 Å². The van der Waals surface area contributed by atoms with E-state index in [0.29, 0.717) is 42.1 Å². The summed E-state index contributed by atoms with van der Waals surface area (Å²) in [5, 5.41) is 11.7. The Bertz CT molecular complexity index is 719. The number of nitro benzene ring substituents is 1. The Balaban J connectivity index is 0.00000280. The summed E-state index contributed by atoms with van der Waals surface area (Å²) in [5.74, 6) is 1.14. The molecule has 1 amide bonds. The molecule has 0 spiro atoms. The highest BCUT2D eigenvalue weighted by molar-refractivity contribution is 5.96. The van der Waals surface area contributed by atoms with Gasteiger partial charge in [0, 0.05) is 37.3 Å².